The van der Waals surface area contributed by atoms with Gasteiger partial charge in [-0.3, -0.25) is 0 Å². The summed E-state index contributed by atoms with van der Waals surface area (Å²) in [6, 6.07) is 8.67. The molecule has 2 atom stereocenters. The third-order valence-corrected chi connectivity index (χ3v) is 6.60. The van der Waals surface area contributed by atoms with Crippen molar-refractivity contribution < 1.29 is 9.47 Å². The lowest BCUT2D eigenvalue weighted by atomic mass is 9.70. The molecule has 146 valence electrons. The number of hydrogen-bond acceptors (Lipinski definition) is 3. The van der Waals surface area contributed by atoms with Crippen molar-refractivity contribution >= 4 is 14.0 Å². The normalized spacial score (nSPS) is 27.0. The third kappa shape index (κ3) is 3.91. The maximum atomic E-state index is 6.08. The van der Waals surface area contributed by atoms with Crippen LogP contribution in [-0.2, 0) is 14.9 Å². The van der Waals surface area contributed by atoms with E-state index in [9.17, 15) is 0 Å². The van der Waals surface area contributed by atoms with Crippen LogP contribution in [0.2, 0.25) is 19.6 Å². The first kappa shape index (κ1) is 19.9. The number of ether oxygens (including phenoxy) is 2. The highest BCUT2D eigenvalue weighted by atomic mass is 28.3. The summed E-state index contributed by atoms with van der Waals surface area (Å²) in [4.78, 5) is 4.90. The molecule has 1 unspecified atom stereocenters. The zero-order chi connectivity index (χ0) is 19.9. The van der Waals surface area contributed by atoms with Crippen LogP contribution in [-0.4, -0.2) is 33.2 Å². The van der Waals surface area contributed by atoms with Crippen molar-refractivity contribution in [3.05, 3.63) is 59.0 Å². The highest BCUT2D eigenvalue weighted by molar-refractivity contribution is 6.80. The molecule has 2 aliphatic rings. The van der Waals surface area contributed by atoms with Crippen LogP contribution in [0.5, 0.6) is 0 Å². The van der Waals surface area contributed by atoms with Crippen molar-refractivity contribution in [2.75, 3.05) is 13.7 Å². The monoisotopic (exact) mass is 383 g/mol. The molecule has 3 nitrogen and oxygen atoms in total. The molecule has 27 heavy (non-hydrogen) atoms. The van der Waals surface area contributed by atoms with Crippen molar-refractivity contribution in [3.8, 4) is 0 Å². The minimum atomic E-state index is -1.20. The van der Waals surface area contributed by atoms with Crippen LogP contribution in [0, 0.1) is 0 Å². The molecule has 0 saturated carbocycles. The van der Waals surface area contributed by atoms with Gasteiger partial charge in [0.25, 0.3) is 0 Å². The molecule has 1 aliphatic heterocycles. The van der Waals surface area contributed by atoms with Crippen molar-refractivity contribution in [1.29, 1.82) is 0 Å². The van der Waals surface area contributed by atoms with Crippen LogP contribution in [0.25, 0.3) is 0 Å². The molecule has 1 aromatic carbocycles. The lowest BCUT2D eigenvalue weighted by molar-refractivity contribution is 0.217. The Bertz CT molecular complexity index is 801. The average molecular weight is 384 g/mol. The van der Waals surface area contributed by atoms with E-state index < -0.39 is 13.5 Å². The summed E-state index contributed by atoms with van der Waals surface area (Å²) in [5.41, 5.74) is 4.35. The molecule has 0 aromatic heterocycles. The molecule has 3 rings (SSSR count). The lowest BCUT2D eigenvalue weighted by Crippen LogP contribution is -2.39. The molecule has 1 aromatic rings. The number of allylic oxidation sites excluding steroid dienone is 2. The predicted molar refractivity (Wildman–Crippen MR) is 116 cm³/mol. The van der Waals surface area contributed by atoms with Crippen LogP contribution in [0.1, 0.15) is 44.2 Å². The topological polar surface area (TPSA) is 30.8 Å². The van der Waals surface area contributed by atoms with Gasteiger partial charge in [-0.1, -0.05) is 55.7 Å². The first-order chi connectivity index (χ1) is 12.6. The van der Waals surface area contributed by atoms with Gasteiger partial charge in [0.05, 0.1) is 20.7 Å². The fraction of sp³-hybridized carbons (Fsp3) is 0.522. The fourth-order valence-electron chi connectivity index (χ4n) is 3.94. The number of rotatable bonds is 5. The summed E-state index contributed by atoms with van der Waals surface area (Å²) in [7, 11) is 0.562. The van der Waals surface area contributed by atoms with E-state index in [0.29, 0.717) is 12.5 Å². The van der Waals surface area contributed by atoms with E-state index >= 15 is 0 Å². The molecule has 1 aliphatic carbocycles. The highest BCUT2D eigenvalue weighted by Crippen LogP contribution is 2.46. The van der Waals surface area contributed by atoms with Gasteiger partial charge in [-0.05, 0) is 44.4 Å². The molecule has 0 amide bonds. The van der Waals surface area contributed by atoms with E-state index in [2.05, 4.69) is 82.5 Å². The standard InChI is InChI=1S/C23H33NO2Si/c1-22(2)16-26-21(24-22)23(3)19-13-9-8-12-18(19)17(15-20(23)25-4)11-10-14-27(5,6)7/h8-10,12-15,17H,11,16H2,1-7H3/b14-10+/t17?,23-/m1/s1. The fourth-order valence-corrected chi connectivity index (χ4v) is 4.79. The Morgan fingerprint density at radius 3 is 2.52 bits per heavy atom. The van der Waals surface area contributed by atoms with Gasteiger partial charge in [0.2, 0.25) is 5.90 Å². The number of hydrogen-bond donors (Lipinski definition) is 0. The largest absolute Gasteiger partial charge is 0.500 e. The second-order valence-electron chi connectivity index (χ2n) is 9.58. The van der Waals surface area contributed by atoms with Crippen LogP contribution in [0.3, 0.4) is 0 Å². The van der Waals surface area contributed by atoms with Gasteiger partial charge in [0.15, 0.2) is 0 Å². The molecule has 0 spiro atoms. The third-order valence-electron chi connectivity index (χ3n) is 5.37. The molecule has 0 bridgehead atoms. The van der Waals surface area contributed by atoms with E-state index in [4.69, 9.17) is 14.5 Å². The summed E-state index contributed by atoms with van der Waals surface area (Å²) in [5.74, 6) is 2.01. The number of nitrogens with zero attached hydrogens (tertiary/aromatic N) is 1. The van der Waals surface area contributed by atoms with Crippen LogP contribution in [0.4, 0.5) is 0 Å². The number of methoxy groups -OCH3 is 1. The van der Waals surface area contributed by atoms with Crippen LogP contribution >= 0.6 is 0 Å². The Kier molecular flexibility index (Phi) is 5.15. The van der Waals surface area contributed by atoms with E-state index in [1.54, 1.807) is 7.11 Å². The molecule has 0 fully saturated rings. The smallest absolute Gasteiger partial charge is 0.202 e. The van der Waals surface area contributed by atoms with Gasteiger partial charge >= 0.3 is 0 Å². The van der Waals surface area contributed by atoms with Crippen LogP contribution in [0.15, 0.2) is 52.9 Å². The van der Waals surface area contributed by atoms with Crippen molar-refractivity contribution in [2.24, 2.45) is 4.99 Å². The van der Waals surface area contributed by atoms with Crippen LogP contribution < -0.4 is 0 Å². The molecular formula is C23H33NO2Si. The first-order valence-corrected chi connectivity index (χ1v) is 13.4. The van der Waals surface area contributed by atoms with Gasteiger partial charge in [0.1, 0.15) is 17.8 Å². The minimum Gasteiger partial charge on any atom is -0.500 e. The molecule has 0 N–H and O–H groups in total. The van der Waals surface area contributed by atoms with E-state index in [0.717, 1.165) is 18.1 Å². The minimum absolute atomic E-state index is 0.191. The number of benzene rings is 1. The molecule has 1 heterocycles. The van der Waals surface area contributed by atoms with Gasteiger partial charge in [0, 0.05) is 5.92 Å². The lowest BCUT2D eigenvalue weighted by Gasteiger charge is -2.38. The van der Waals surface area contributed by atoms with Crippen molar-refractivity contribution in [3.63, 3.8) is 0 Å². The maximum Gasteiger partial charge on any atom is 0.202 e. The van der Waals surface area contributed by atoms with Gasteiger partial charge in [-0.25, -0.2) is 4.99 Å². The second kappa shape index (κ2) is 6.97. The zero-order valence-electron chi connectivity index (χ0n) is 17.8. The summed E-state index contributed by atoms with van der Waals surface area (Å²) in [6.07, 6.45) is 5.62. The van der Waals surface area contributed by atoms with E-state index in [1.807, 2.05) is 0 Å². The quantitative estimate of drug-likeness (QED) is 0.619. The average Bonchev–Trinajstić information content (AvgIpc) is 2.96. The number of fused-ring (bicyclic) bond motifs is 1. The zero-order valence-corrected chi connectivity index (χ0v) is 18.8. The summed E-state index contributed by atoms with van der Waals surface area (Å²) < 4.78 is 12.0. The SMILES string of the molecule is COC1=CC(C/C=C/[Si](C)(C)C)c2ccccc2[C@@]1(C)C1=NC(C)(C)CO1. The Balaban J connectivity index is 2.06. The highest BCUT2D eigenvalue weighted by Gasteiger charge is 2.48. The van der Waals surface area contributed by atoms with Crippen molar-refractivity contribution in [2.45, 2.75) is 63.7 Å². The maximum absolute atomic E-state index is 6.08. The van der Waals surface area contributed by atoms with Crippen molar-refractivity contribution in [1.82, 2.24) is 0 Å². The Morgan fingerprint density at radius 1 is 1.22 bits per heavy atom. The number of aliphatic imine (C=N–C) groups is 1. The molecule has 0 radical (unpaired) electrons. The van der Waals surface area contributed by atoms with E-state index in [1.165, 1.54) is 11.1 Å². The molecule has 4 heteroatoms. The Hall–Kier alpha value is -1.81. The summed E-state index contributed by atoms with van der Waals surface area (Å²) in [5, 5.41) is 0. The Labute approximate surface area is 165 Å². The van der Waals surface area contributed by atoms with Gasteiger partial charge in [-0.15, -0.1) is 0 Å². The van der Waals surface area contributed by atoms with E-state index in [-0.39, 0.29) is 5.54 Å². The first-order valence-electron chi connectivity index (χ1n) is 9.83. The summed E-state index contributed by atoms with van der Waals surface area (Å²) >= 11 is 0. The molecule has 0 saturated heterocycles. The second-order valence-corrected chi connectivity index (χ2v) is 14.6. The van der Waals surface area contributed by atoms with Gasteiger partial charge < -0.3 is 9.47 Å². The van der Waals surface area contributed by atoms with Gasteiger partial charge in [-0.2, -0.15) is 0 Å². The Morgan fingerprint density at radius 2 is 1.93 bits per heavy atom. The predicted octanol–water partition coefficient (Wildman–Crippen LogP) is 5.60. The summed E-state index contributed by atoms with van der Waals surface area (Å²) in [6.45, 7) is 14.1. The molecular weight excluding hydrogens is 350 g/mol.